The Kier molecular flexibility index (Phi) is 3.23. The molecule has 2 N–H and O–H groups in total. The van der Waals surface area contributed by atoms with Crippen LogP contribution in [0, 0.1) is 5.92 Å². The van der Waals surface area contributed by atoms with Crippen LogP contribution in [0.15, 0.2) is 0 Å². The highest BCUT2D eigenvalue weighted by atomic mass is 16.5. The average molecular weight is 251 g/mol. The van der Waals surface area contributed by atoms with E-state index in [0.717, 1.165) is 58.0 Å². The zero-order valence-electron chi connectivity index (χ0n) is 11.2. The highest BCUT2D eigenvalue weighted by Gasteiger charge is 2.47. The molecule has 3 heteroatoms. The van der Waals surface area contributed by atoms with Gasteiger partial charge in [-0.2, -0.15) is 0 Å². The van der Waals surface area contributed by atoms with Gasteiger partial charge in [0.25, 0.3) is 0 Å². The van der Waals surface area contributed by atoms with Crippen LogP contribution in [0.2, 0.25) is 0 Å². The van der Waals surface area contributed by atoms with Gasteiger partial charge < -0.3 is 10.5 Å². The highest BCUT2D eigenvalue weighted by molar-refractivity contribution is 5.90. The summed E-state index contributed by atoms with van der Waals surface area (Å²) in [6, 6.07) is 0. The monoisotopic (exact) mass is 251 g/mol. The lowest BCUT2D eigenvalue weighted by atomic mass is 9.67. The van der Waals surface area contributed by atoms with Gasteiger partial charge in [0.1, 0.15) is 0 Å². The summed E-state index contributed by atoms with van der Waals surface area (Å²) in [7, 11) is 0. The van der Waals surface area contributed by atoms with Gasteiger partial charge in [0.05, 0.1) is 11.1 Å². The largest absolute Gasteiger partial charge is 0.375 e. The van der Waals surface area contributed by atoms with Crippen molar-refractivity contribution in [1.82, 2.24) is 0 Å². The maximum atomic E-state index is 12.7. The third kappa shape index (κ3) is 2.12. The van der Waals surface area contributed by atoms with E-state index in [1.165, 1.54) is 12.8 Å². The average Bonchev–Trinajstić information content (AvgIpc) is 2.37. The van der Waals surface area contributed by atoms with E-state index in [4.69, 9.17) is 10.5 Å². The second-order valence-electron chi connectivity index (χ2n) is 6.66. The number of ether oxygens (including phenoxy) is 1. The summed E-state index contributed by atoms with van der Waals surface area (Å²) in [6.07, 6.45) is 10.7. The number of hydrogen-bond donors (Lipinski definition) is 1. The number of ketones is 1. The minimum Gasteiger partial charge on any atom is -0.375 e. The molecule has 1 unspecified atom stereocenters. The Balaban J connectivity index is 1.67. The minimum atomic E-state index is -0.509. The van der Waals surface area contributed by atoms with Crippen molar-refractivity contribution in [2.45, 2.75) is 75.3 Å². The third-order valence-electron chi connectivity index (χ3n) is 5.37. The lowest BCUT2D eigenvalue weighted by Crippen LogP contribution is -2.55. The molecule has 1 heterocycles. The van der Waals surface area contributed by atoms with Crippen LogP contribution in [-0.2, 0) is 9.53 Å². The summed E-state index contributed by atoms with van der Waals surface area (Å²) in [5.74, 6) is 0.513. The first kappa shape index (κ1) is 12.6. The summed E-state index contributed by atoms with van der Waals surface area (Å²) < 4.78 is 5.91. The molecule has 0 aromatic heterocycles. The molecular formula is C15H25NO2. The first-order valence-electron chi connectivity index (χ1n) is 7.61. The number of Topliss-reactive ketones (excluding diaryl/α,β-unsaturated/α-hetero) is 1. The van der Waals surface area contributed by atoms with E-state index >= 15 is 0 Å². The number of hydrogen-bond acceptors (Lipinski definition) is 3. The quantitative estimate of drug-likeness (QED) is 0.820. The van der Waals surface area contributed by atoms with Crippen LogP contribution in [0.3, 0.4) is 0 Å². The Labute approximate surface area is 109 Å². The van der Waals surface area contributed by atoms with E-state index in [2.05, 4.69) is 0 Å². The molecule has 3 aliphatic rings. The molecule has 0 radical (unpaired) electrons. The molecule has 1 saturated heterocycles. The van der Waals surface area contributed by atoms with Gasteiger partial charge in [-0.25, -0.2) is 0 Å². The van der Waals surface area contributed by atoms with E-state index < -0.39 is 5.54 Å². The SMILES string of the molecule is NC1(C(=O)C2CCOC3(CCC3)C2)CCCCC1. The summed E-state index contributed by atoms with van der Waals surface area (Å²) in [4.78, 5) is 12.7. The van der Waals surface area contributed by atoms with Gasteiger partial charge >= 0.3 is 0 Å². The van der Waals surface area contributed by atoms with Crippen molar-refractivity contribution >= 4 is 5.78 Å². The first-order chi connectivity index (χ1) is 8.64. The van der Waals surface area contributed by atoms with Crippen molar-refractivity contribution in [3.8, 4) is 0 Å². The predicted molar refractivity (Wildman–Crippen MR) is 70.3 cm³/mol. The highest BCUT2D eigenvalue weighted by Crippen LogP contribution is 2.45. The van der Waals surface area contributed by atoms with E-state index in [1.54, 1.807) is 0 Å². The van der Waals surface area contributed by atoms with Gasteiger partial charge in [0.2, 0.25) is 0 Å². The van der Waals surface area contributed by atoms with Gasteiger partial charge in [-0.05, 0) is 44.9 Å². The molecule has 18 heavy (non-hydrogen) atoms. The minimum absolute atomic E-state index is 0.0591. The van der Waals surface area contributed by atoms with Crippen LogP contribution in [0.25, 0.3) is 0 Å². The Morgan fingerprint density at radius 2 is 1.78 bits per heavy atom. The van der Waals surface area contributed by atoms with Crippen molar-refractivity contribution in [3.63, 3.8) is 0 Å². The van der Waals surface area contributed by atoms with Gasteiger partial charge in [-0.15, -0.1) is 0 Å². The van der Waals surface area contributed by atoms with Gasteiger partial charge in [0, 0.05) is 12.5 Å². The second-order valence-corrected chi connectivity index (χ2v) is 6.66. The molecule has 1 atom stereocenters. The molecular weight excluding hydrogens is 226 g/mol. The fourth-order valence-electron chi connectivity index (χ4n) is 4.01. The Morgan fingerprint density at radius 1 is 1.06 bits per heavy atom. The molecule has 3 rings (SSSR count). The van der Waals surface area contributed by atoms with Crippen LogP contribution < -0.4 is 5.73 Å². The lowest BCUT2D eigenvalue weighted by molar-refractivity contribution is -0.159. The molecule has 1 spiro atoms. The van der Waals surface area contributed by atoms with E-state index in [1.807, 2.05) is 0 Å². The van der Waals surface area contributed by atoms with Crippen molar-refractivity contribution in [2.24, 2.45) is 11.7 Å². The van der Waals surface area contributed by atoms with Crippen LogP contribution in [0.1, 0.15) is 64.2 Å². The molecule has 0 aromatic carbocycles. The zero-order chi connectivity index (χ0) is 12.6. The van der Waals surface area contributed by atoms with E-state index in [0.29, 0.717) is 5.78 Å². The first-order valence-corrected chi connectivity index (χ1v) is 7.61. The molecule has 3 fully saturated rings. The Morgan fingerprint density at radius 3 is 2.39 bits per heavy atom. The number of carbonyl (C=O) groups is 1. The summed E-state index contributed by atoms with van der Waals surface area (Å²) in [6.45, 7) is 0.756. The smallest absolute Gasteiger partial charge is 0.155 e. The Bertz CT molecular complexity index is 329. The molecule has 1 aliphatic heterocycles. The van der Waals surface area contributed by atoms with Crippen LogP contribution in [0.4, 0.5) is 0 Å². The topological polar surface area (TPSA) is 52.3 Å². The molecule has 2 saturated carbocycles. The fraction of sp³-hybridized carbons (Fsp3) is 0.933. The Hall–Kier alpha value is -0.410. The maximum absolute atomic E-state index is 12.7. The summed E-state index contributed by atoms with van der Waals surface area (Å²) in [5, 5.41) is 0. The molecule has 0 aromatic rings. The van der Waals surface area contributed by atoms with Crippen molar-refractivity contribution in [1.29, 1.82) is 0 Å². The molecule has 0 bridgehead atoms. The van der Waals surface area contributed by atoms with Gasteiger partial charge in [-0.1, -0.05) is 19.3 Å². The van der Waals surface area contributed by atoms with Crippen molar-refractivity contribution in [2.75, 3.05) is 6.61 Å². The van der Waals surface area contributed by atoms with Gasteiger partial charge in [-0.3, -0.25) is 4.79 Å². The molecule has 0 amide bonds. The number of carbonyl (C=O) groups excluding carboxylic acids is 1. The van der Waals surface area contributed by atoms with Crippen LogP contribution >= 0.6 is 0 Å². The van der Waals surface area contributed by atoms with Crippen LogP contribution in [-0.4, -0.2) is 23.5 Å². The standard InChI is InChI=1S/C15H25NO2/c16-15(8-2-1-3-9-15)13(17)12-5-10-18-14(11-12)6-4-7-14/h12H,1-11,16H2. The van der Waals surface area contributed by atoms with Crippen LogP contribution in [0.5, 0.6) is 0 Å². The lowest BCUT2D eigenvalue weighted by Gasteiger charge is -2.48. The molecule has 3 nitrogen and oxygen atoms in total. The second kappa shape index (κ2) is 4.61. The van der Waals surface area contributed by atoms with Crippen molar-refractivity contribution in [3.05, 3.63) is 0 Å². The van der Waals surface area contributed by atoms with Gasteiger partial charge in [0.15, 0.2) is 5.78 Å². The number of rotatable bonds is 2. The molecule has 102 valence electrons. The third-order valence-corrected chi connectivity index (χ3v) is 5.37. The summed E-state index contributed by atoms with van der Waals surface area (Å²) >= 11 is 0. The summed E-state index contributed by atoms with van der Waals surface area (Å²) in [5.41, 5.74) is 5.94. The normalized spacial score (nSPS) is 33.9. The van der Waals surface area contributed by atoms with E-state index in [9.17, 15) is 4.79 Å². The van der Waals surface area contributed by atoms with E-state index in [-0.39, 0.29) is 11.5 Å². The zero-order valence-corrected chi connectivity index (χ0v) is 11.2. The molecule has 2 aliphatic carbocycles. The number of nitrogens with two attached hydrogens (primary N) is 1. The predicted octanol–water partition coefficient (Wildman–Crippen LogP) is 2.57. The fourth-order valence-corrected chi connectivity index (χ4v) is 4.01. The maximum Gasteiger partial charge on any atom is 0.155 e. The van der Waals surface area contributed by atoms with Crippen molar-refractivity contribution < 1.29 is 9.53 Å².